The van der Waals surface area contributed by atoms with Crippen molar-refractivity contribution >= 4 is 10.0 Å². The maximum Gasteiger partial charge on any atom is 0.215 e. The number of rotatable bonds is 8. The molecule has 0 saturated carbocycles. The van der Waals surface area contributed by atoms with Crippen molar-refractivity contribution in [3.63, 3.8) is 0 Å². The molecule has 0 atom stereocenters. The van der Waals surface area contributed by atoms with Crippen LogP contribution in [0.2, 0.25) is 0 Å². The number of likely N-dealkylation sites (tertiary alicyclic amines) is 1. The molecule has 19 heavy (non-hydrogen) atoms. The Morgan fingerprint density at radius 3 is 2.47 bits per heavy atom. The standard InChI is InChI=1S/C13H29N3O2S/c1-4-7-14-8-11-19(17,18)16(3)12-13-5-9-15(2)10-6-13/h13-14H,4-12H2,1-3H3. The van der Waals surface area contributed by atoms with Crippen molar-refractivity contribution < 1.29 is 8.42 Å². The molecule has 1 heterocycles. The molecule has 1 saturated heterocycles. The van der Waals surface area contributed by atoms with Crippen LogP contribution >= 0.6 is 0 Å². The van der Waals surface area contributed by atoms with E-state index >= 15 is 0 Å². The van der Waals surface area contributed by atoms with Crippen molar-refractivity contribution in [2.24, 2.45) is 5.92 Å². The van der Waals surface area contributed by atoms with Crippen LogP contribution in [-0.4, -0.2) is 70.2 Å². The zero-order valence-corrected chi connectivity index (χ0v) is 13.4. The van der Waals surface area contributed by atoms with Crippen LogP contribution in [0.4, 0.5) is 0 Å². The van der Waals surface area contributed by atoms with Crippen LogP contribution in [0, 0.1) is 5.92 Å². The highest BCUT2D eigenvalue weighted by Crippen LogP contribution is 2.17. The summed E-state index contributed by atoms with van der Waals surface area (Å²) >= 11 is 0. The number of sulfonamides is 1. The molecular weight excluding hydrogens is 262 g/mol. The SMILES string of the molecule is CCCNCCS(=O)(=O)N(C)CC1CCN(C)CC1. The normalized spacial score (nSPS) is 19.2. The van der Waals surface area contributed by atoms with Crippen LogP contribution in [-0.2, 0) is 10.0 Å². The van der Waals surface area contributed by atoms with Crippen molar-refractivity contribution in [3.8, 4) is 0 Å². The van der Waals surface area contributed by atoms with Gasteiger partial charge in [0.1, 0.15) is 0 Å². The Morgan fingerprint density at radius 2 is 1.89 bits per heavy atom. The highest BCUT2D eigenvalue weighted by Gasteiger charge is 2.23. The van der Waals surface area contributed by atoms with Gasteiger partial charge in [-0.05, 0) is 51.9 Å². The quantitative estimate of drug-likeness (QED) is 0.665. The largest absolute Gasteiger partial charge is 0.316 e. The fourth-order valence-corrected chi connectivity index (χ4v) is 3.53. The molecule has 0 aliphatic carbocycles. The smallest absolute Gasteiger partial charge is 0.215 e. The van der Waals surface area contributed by atoms with Gasteiger partial charge >= 0.3 is 0 Å². The second-order valence-electron chi connectivity index (χ2n) is 5.59. The molecule has 0 amide bonds. The van der Waals surface area contributed by atoms with Crippen LogP contribution in [0.25, 0.3) is 0 Å². The lowest BCUT2D eigenvalue weighted by Gasteiger charge is -2.31. The second-order valence-corrected chi connectivity index (χ2v) is 7.79. The summed E-state index contributed by atoms with van der Waals surface area (Å²) in [4.78, 5) is 2.31. The molecule has 0 aromatic rings. The van der Waals surface area contributed by atoms with Gasteiger partial charge in [-0.25, -0.2) is 12.7 Å². The van der Waals surface area contributed by atoms with Crippen LogP contribution in [0.5, 0.6) is 0 Å². The third-order valence-corrected chi connectivity index (χ3v) is 5.61. The molecule has 0 radical (unpaired) electrons. The Balaban J connectivity index is 2.32. The van der Waals surface area contributed by atoms with Crippen molar-refractivity contribution in [1.82, 2.24) is 14.5 Å². The van der Waals surface area contributed by atoms with Gasteiger partial charge in [0.25, 0.3) is 0 Å². The molecule has 1 rings (SSSR count). The van der Waals surface area contributed by atoms with Gasteiger partial charge in [-0.3, -0.25) is 0 Å². The molecule has 1 N–H and O–H groups in total. The molecule has 0 unspecified atom stereocenters. The second kappa shape index (κ2) is 8.19. The van der Waals surface area contributed by atoms with Gasteiger partial charge < -0.3 is 10.2 Å². The lowest BCUT2D eigenvalue weighted by Crippen LogP contribution is -2.40. The molecule has 0 aromatic carbocycles. The minimum Gasteiger partial charge on any atom is -0.316 e. The predicted octanol–water partition coefficient (Wildman–Crippen LogP) is 0.589. The molecule has 0 aromatic heterocycles. The molecule has 0 spiro atoms. The van der Waals surface area contributed by atoms with Gasteiger partial charge in [-0.1, -0.05) is 6.92 Å². The summed E-state index contributed by atoms with van der Waals surface area (Å²) in [5, 5.41) is 3.14. The van der Waals surface area contributed by atoms with Gasteiger partial charge in [0.2, 0.25) is 10.0 Å². The topological polar surface area (TPSA) is 52.7 Å². The summed E-state index contributed by atoms with van der Waals surface area (Å²) in [5.74, 6) is 0.718. The Morgan fingerprint density at radius 1 is 1.26 bits per heavy atom. The van der Waals surface area contributed by atoms with Gasteiger partial charge in [0.05, 0.1) is 5.75 Å². The molecule has 1 aliphatic rings. The number of hydrogen-bond acceptors (Lipinski definition) is 4. The van der Waals surface area contributed by atoms with E-state index in [0.717, 1.165) is 38.9 Å². The lowest BCUT2D eigenvalue weighted by atomic mass is 9.97. The monoisotopic (exact) mass is 291 g/mol. The van der Waals surface area contributed by atoms with Gasteiger partial charge in [0, 0.05) is 20.1 Å². The van der Waals surface area contributed by atoms with E-state index in [1.165, 1.54) is 0 Å². The van der Waals surface area contributed by atoms with E-state index in [0.29, 0.717) is 19.0 Å². The minimum atomic E-state index is -3.10. The first-order valence-corrected chi connectivity index (χ1v) is 8.90. The highest BCUT2D eigenvalue weighted by molar-refractivity contribution is 7.89. The van der Waals surface area contributed by atoms with E-state index in [9.17, 15) is 8.42 Å². The third-order valence-electron chi connectivity index (χ3n) is 3.79. The Kier molecular flexibility index (Phi) is 7.28. The Labute approximate surface area is 118 Å². The van der Waals surface area contributed by atoms with E-state index in [-0.39, 0.29) is 5.75 Å². The first-order chi connectivity index (χ1) is 8.95. The zero-order chi connectivity index (χ0) is 14.3. The predicted molar refractivity (Wildman–Crippen MR) is 79.8 cm³/mol. The van der Waals surface area contributed by atoms with Gasteiger partial charge in [0.15, 0.2) is 0 Å². The first kappa shape index (κ1) is 16.9. The van der Waals surface area contributed by atoms with Crippen LogP contribution in [0.3, 0.4) is 0 Å². The average molecular weight is 291 g/mol. The summed E-state index contributed by atoms with van der Waals surface area (Å²) in [6.07, 6.45) is 3.24. The molecule has 114 valence electrons. The fraction of sp³-hybridized carbons (Fsp3) is 1.00. The van der Waals surface area contributed by atoms with E-state index in [4.69, 9.17) is 0 Å². The summed E-state index contributed by atoms with van der Waals surface area (Å²) in [6, 6.07) is 0. The molecule has 6 heteroatoms. The van der Waals surface area contributed by atoms with Gasteiger partial charge in [-0.15, -0.1) is 0 Å². The maximum absolute atomic E-state index is 12.1. The lowest BCUT2D eigenvalue weighted by molar-refractivity contribution is 0.202. The van der Waals surface area contributed by atoms with Crippen LogP contribution < -0.4 is 5.32 Å². The Bertz CT molecular complexity index is 338. The van der Waals surface area contributed by atoms with E-state index in [2.05, 4.69) is 24.2 Å². The maximum atomic E-state index is 12.1. The summed E-state index contributed by atoms with van der Waals surface area (Å²) in [5.41, 5.74) is 0. The summed E-state index contributed by atoms with van der Waals surface area (Å²) < 4.78 is 25.8. The summed E-state index contributed by atoms with van der Waals surface area (Å²) in [7, 11) is 0.740. The molecular formula is C13H29N3O2S. The molecule has 0 bridgehead atoms. The van der Waals surface area contributed by atoms with E-state index in [1.807, 2.05) is 0 Å². The highest BCUT2D eigenvalue weighted by atomic mass is 32.2. The third kappa shape index (κ3) is 6.21. The molecule has 1 aliphatic heterocycles. The zero-order valence-electron chi connectivity index (χ0n) is 12.6. The van der Waals surface area contributed by atoms with Gasteiger partial charge in [-0.2, -0.15) is 0 Å². The Hall–Kier alpha value is -0.170. The van der Waals surface area contributed by atoms with Crippen molar-refractivity contribution in [1.29, 1.82) is 0 Å². The number of piperidine rings is 1. The average Bonchev–Trinajstić information content (AvgIpc) is 2.37. The minimum absolute atomic E-state index is 0.204. The first-order valence-electron chi connectivity index (χ1n) is 7.29. The molecule has 1 fully saturated rings. The van der Waals surface area contributed by atoms with Crippen LogP contribution in [0.1, 0.15) is 26.2 Å². The molecule has 5 nitrogen and oxygen atoms in total. The number of nitrogens with one attached hydrogen (secondary N) is 1. The number of nitrogens with zero attached hydrogens (tertiary/aromatic N) is 2. The fourth-order valence-electron chi connectivity index (χ4n) is 2.38. The van der Waals surface area contributed by atoms with Crippen molar-refractivity contribution in [3.05, 3.63) is 0 Å². The van der Waals surface area contributed by atoms with E-state index < -0.39 is 10.0 Å². The van der Waals surface area contributed by atoms with E-state index in [1.54, 1.807) is 11.4 Å². The van der Waals surface area contributed by atoms with Crippen molar-refractivity contribution in [2.75, 3.05) is 52.6 Å². The summed E-state index contributed by atoms with van der Waals surface area (Å²) in [6.45, 7) is 6.34. The number of hydrogen-bond donors (Lipinski definition) is 1. The van der Waals surface area contributed by atoms with Crippen LogP contribution in [0.15, 0.2) is 0 Å². The van der Waals surface area contributed by atoms with Crippen molar-refractivity contribution in [2.45, 2.75) is 26.2 Å².